The minimum Gasteiger partial charge on any atom is -0.147 e. The second-order valence-corrected chi connectivity index (χ2v) is 41.8. The van der Waals surface area contributed by atoms with Crippen molar-refractivity contribution in [3.05, 3.63) is 158 Å². The molecule has 218 valence electrons. The third-order valence-corrected chi connectivity index (χ3v) is 25.0. The minimum atomic E-state index is -3.75. The van der Waals surface area contributed by atoms with E-state index in [2.05, 4.69) is 103 Å². The van der Waals surface area contributed by atoms with Crippen molar-refractivity contribution < 1.29 is 17.4 Å². The Hall–Kier alpha value is -1.38. The van der Waals surface area contributed by atoms with Crippen LogP contribution in [-0.2, 0) is 17.4 Å². The molecule has 0 aliphatic heterocycles. The van der Waals surface area contributed by atoms with E-state index in [0.717, 1.165) is 22.9 Å². The summed E-state index contributed by atoms with van der Waals surface area (Å²) in [4.78, 5) is 0. The summed E-state index contributed by atoms with van der Waals surface area (Å²) in [6.45, 7) is 7.06. The molecular formula is C36H38Cl4SiZr. The predicted octanol–water partition coefficient (Wildman–Crippen LogP) is 11.2. The van der Waals surface area contributed by atoms with Gasteiger partial charge in [0.15, 0.2) is 0 Å². The smallest absolute Gasteiger partial charge is 0.147 e. The van der Waals surface area contributed by atoms with E-state index in [9.17, 15) is 0 Å². The Bertz CT molecular complexity index is 1610. The third kappa shape index (κ3) is 5.85. The number of fused-ring (bicyclic) bond motifs is 2. The molecule has 42 heavy (non-hydrogen) atoms. The Morgan fingerprint density at radius 3 is 1.36 bits per heavy atom. The molecule has 4 aliphatic carbocycles. The molecule has 2 aromatic rings. The van der Waals surface area contributed by atoms with E-state index < -0.39 is 17.4 Å². The minimum absolute atomic E-state index is 0. The van der Waals surface area contributed by atoms with Crippen LogP contribution in [0.3, 0.4) is 0 Å². The molecule has 4 aliphatic rings. The van der Waals surface area contributed by atoms with Crippen molar-refractivity contribution in [3.8, 4) is 0 Å². The summed E-state index contributed by atoms with van der Waals surface area (Å²) >= 11 is 8.77. The molecule has 0 radical (unpaired) electrons. The van der Waals surface area contributed by atoms with Gasteiger partial charge in [0.2, 0.25) is 0 Å². The zero-order valence-electron chi connectivity index (χ0n) is 24.6. The number of rotatable bonds is 4. The molecule has 2 aromatic carbocycles. The molecule has 0 bridgehead atoms. The van der Waals surface area contributed by atoms with E-state index in [-0.39, 0.29) is 24.8 Å². The van der Waals surface area contributed by atoms with Crippen LogP contribution in [0, 0.1) is 0 Å². The first-order chi connectivity index (χ1) is 19.0. The monoisotopic (exact) mass is 728 g/mol. The SMILES string of the molecule is CC1=[C]([Zr]([CH3])([CH3])(=[SiH2])[C]2=C(C)C=C3C2=CC=CCC3c2ccc(Cl)cc2)C2=CC=CCC(c3ccc(Cl)cc3)C2=C1.Cl.Cl. The van der Waals surface area contributed by atoms with Crippen LogP contribution < -0.4 is 0 Å². The van der Waals surface area contributed by atoms with Gasteiger partial charge < -0.3 is 0 Å². The first-order valence-electron chi connectivity index (χ1n) is 14.2. The summed E-state index contributed by atoms with van der Waals surface area (Å²) in [5, 5.41) is 1.58. The van der Waals surface area contributed by atoms with Crippen LogP contribution in [0.4, 0.5) is 0 Å². The Morgan fingerprint density at radius 2 is 1.00 bits per heavy atom. The summed E-state index contributed by atoms with van der Waals surface area (Å²) in [5.41, 5.74) is 11.4. The van der Waals surface area contributed by atoms with Crippen LogP contribution in [0.2, 0.25) is 19.3 Å². The Balaban J connectivity index is 0.00000202. The Labute approximate surface area is 276 Å². The molecule has 2 atom stereocenters. The summed E-state index contributed by atoms with van der Waals surface area (Å²) in [5.74, 6) is 0.677. The molecule has 0 amide bonds. The van der Waals surface area contributed by atoms with Crippen LogP contribution in [0.1, 0.15) is 49.7 Å². The summed E-state index contributed by atoms with van der Waals surface area (Å²) < 4.78 is 8.59. The quantitative estimate of drug-likeness (QED) is 0.275. The zero-order chi connectivity index (χ0) is 28.3. The van der Waals surface area contributed by atoms with E-state index in [1.165, 1.54) is 44.6 Å². The van der Waals surface area contributed by atoms with E-state index >= 15 is 0 Å². The summed E-state index contributed by atoms with van der Waals surface area (Å²) in [6.07, 6.45) is 21.1. The van der Waals surface area contributed by atoms with Gasteiger partial charge in [-0.2, -0.15) is 0 Å². The van der Waals surface area contributed by atoms with Crippen LogP contribution in [0.15, 0.2) is 137 Å². The van der Waals surface area contributed by atoms with Gasteiger partial charge in [-0.3, -0.25) is 0 Å². The maximum Gasteiger partial charge on any atom is -0.147 e. The van der Waals surface area contributed by atoms with Crippen molar-refractivity contribution in [2.24, 2.45) is 0 Å². The van der Waals surface area contributed by atoms with E-state index in [1.807, 2.05) is 24.3 Å². The molecule has 6 rings (SSSR count). The van der Waals surface area contributed by atoms with Crippen molar-refractivity contribution in [1.29, 1.82) is 0 Å². The molecule has 6 heteroatoms. The van der Waals surface area contributed by atoms with Crippen molar-refractivity contribution in [2.45, 2.75) is 47.8 Å². The molecule has 0 heterocycles. The fourth-order valence-electron chi connectivity index (χ4n) is 7.70. The normalized spacial score (nSPS) is 21.7. The Morgan fingerprint density at radius 1 is 0.643 bits per heavy atom. The third-order valence-electron chi connectivity index (χ3n) is 9.13. The van der Waals surface area contributed by atoms with Gasteiger partial charge in [-0.1, -0.05) is 0 Å². The van der Waals surface area contributed by atoms with Gasteiger partial charge in [0.05, 0.1) is 0 Å². The number of hydrogen-bond acceptors (Lipinski definition) is 0. The van der Waals surface area contributed by atoms with Gasteiger partial charge in [-0.15, -0.1) is 24.8 Å². The second kappa shape index (κ2) is 12.5. The van der Waals surface area contributed by atoms with Gasteiger partial charge in [-0.05, 0) is 0 Å². The maximum atomic E-state index is 6.26. The van der Waals surface area contributed by atoms with Gasteiger partial charge in [0, 0.05) is 0 Å². The van der Waals surface area contributed by atoms with Crippen LogP contribution in [0.25, 0.3) is 0 Å². The molecule has 0 aromatic heterocycles. The number of benzene rings is 2. The molecule has 0 spiro atoms. The second-order valence-electron chi connectivity index (χ2n) is 12.7. The standard InChI is InChI=1S/2C17H14Cl.2CH3.2ClH.H2Si.Zr/c2*1-12-10-14-4-2-3-5-16(17(14)11-12)13-6-8-15(18)9-7-13;;;;;;/h2*2-4,6-9,11,16H,5H2,1H3;2*1H3;2*1H;1H2;. The van der Waals surface area contributed by atoms with Gasteiger partial charge in [-0.25, -0.2) is 0 Å². The topological polar surface area (TPSA) is 0 Å². The van der Waals surface area contributed by atoms with Crippen LogP contribution >= 0.6 is 48.0 Å². The van der Waals surface area contributed by atoms with E-state index in [4.69, 9.17) is 23.2 Å². The van der Waals surface area contributed by atoms with Crippen molar-refractivity contribution >= 4 is 54.9 Å². The van der Waals surface area contributed by atoms with Crippen molar-refractivity contribution in [3.63, 3.8) is 0 Å². The number of hydrogen-bond donors (Lipinski definition) is 0. The average Bonchev–Trinajstić information content (AvgIpc) is 3.25. The van der Waals surface area contributed by atoms with E-state index in [1.54, 1.807) is 6.56 Å². The molecule has 0 N–H and O–H groups in total. The zero-order valence-corrected chi connectivity index (χ0v) is 31.6. The maximum absolute atomic E-state index is 6.26. The number of halogens is 4. The molecule has 0 nitrogen and oxygen atoms in total. The largest absolute Gasteiger partial charge is 0.147 e. The fraction of sp³-hybridized carbons (Fsp3) is 0.222. The summed E-state index contributed by atoms with van der Waals surface area (Å²) in [7, 11) is 0. The van der Waals surface area contributed by atoms with Crippen LogP contribution in [0.5, 0.6) is 0 Å². The predicted molar refractivity (Wildman–Crippen MR) is 188 cm³/mol. The van der Waals surface area contributed by atoms with Gasteiger partial charge >= 0.3 is 254 Å². The van der Waals surface area contributed by atoms with Gasteiger partial charge in [0.25, 0.3) is 0 Å². The average molecular weight is 732 g/mol. The number of allylic oxidation sites excluding steroid dienone is 16. The van der Waals surface area contributed by atoms with Crippen molar-refractivity contribution in [2.75, 3.05) is 0 Å². The van der Waals surface area contributed by atoms with Crippen molar-refractivity contribution in [1.82, 2.24) is 0 Å². The molecule has 0 fully saturated rings. The first-order valence-corrected chi connectivity index (χ1v) is 28.3. The first kappa shape index (κ1) is 33.5. The molecular weight excluding hydrogens is 694 g/mol. The van der Waals surface area contributed by atoms with Crippen LogP contribution in [-0.4, -0.2) is 6.88 Å². The van der Waals surface area contributed by atoms with Gasteiger partial charge in [0.1, 0.15) is 0 Å². The summed E-state index contributed by atoms with van der Waals surface area (Å²) in [6, 6.07) is 16.9. The molecule has 0 saturated heterocycles. The Kier molecular flexibility index (Phi) is 10.0. The van der Waals surface area contributed by atoms with E-state index in [0.29, 0.717) is 11.8 Å². The fourth-order valence-corrected chi connectivity index (χ4v) is 26.1. The molecule has 0 saturated carbocycles. The molecule has 2 unspecified atom stereocenters.